The van der Waals surface area contributed by atoms with Crippen LogP contribution in [0.15, 0.2) is 103 Å². The molecule has 0 amide bonds. The van der Waals surface area contributed by atoms with Crippen LogP contribution in [0, 0.1) is 10.4 Å². The standard InChI is InChI=1S/C40H53N6O4/c1-11-39(5,12-2)44(47)31-19-15-29(16-20-31)30-17-21-32(22-18-30)45(48)50-38-26-24-34(28-36(38)42-8)46(10,43-9)33-23-25-37(35(27-33)41-7)49-40(6,13-3)14-4/h11,15-28,42-45H,1,7,12-14H2,2-6,8-10H3/q+1. The smallest absolute Gasteiger partial charge is 0.214 e. The molecule has 4 N–H and O–H groups in total. The quantitative estimate of drug-likeness (QED) is 0.0399. The predicted octanol–water partition coefficient (Wildman–Crippen LogP) is 7.47. The molecule has 50 heavy (non-hydrogen) atoms. The number of anilines is 1. The summed E-state index contributed by atoms with van der Waals surface area (Å²) in [5.41, 5.74) is 8.57. The van der Waals surface area contributed by atoms with Gasteiger partial charge in [-0.05, 0) is 99.1 Å². The first-order valence-electron chi connectivity index (χ1n) is 17.1. The molecule has 266 valence electrons. The highest BCUT2D eigenvalue weighted by Crippen LogP contribution is 2.41. The molecule has 0 spiro atoms. The summed E-state index contributed by atoms with van der Waals surface area (Å²) in [5, 5.41) is 29.0. The first-order valence-corrected chi connectivity index (χ1v) is 17.1. The second kappa shape index (κ2) is 16.0. The second-order valence-electron chi connectivity index (χ2n) is 13.1. The number of hydrogen-bond donors (Lipinski definition) is 4. The normalized spacial score (nSPS) is 15.2. The van der Waals surface area contributed by atoms with Crippen molar-refractivity contribution < 1.29 is 19.9 Å². The summed E-state index contributed by atoms with van der Waals surface area (Å²) in [4.78, 5) is 10.2. The van der Waals surface area contributed by atoms with Crippen molar-refractivity contribution in [2.75, 3.05) is 26.5 Å². The minimum Gasteiger partial charge on any atom is -0.628 e. The minimum absolute atomic E-state index is 0.0495. The highest BCUT2D eigenvalue weighted by atomic mass is 16.9. The van der Waals surface area contributed by atoms with E-state index >= 15 is 0 Å². The van der Waals surface area contributed by atoms with Gasteiger partial charge >= 0.3 is 0 Å². The van der Waals surface area contributed by atoms with Crippen LogP contribution in [0.3, 0.4) is 0 Å². The number of hydroxylamine groups is 1. The lowest BCUT2D eigenvalue weighted by Gasteiger charge is -2.37. The molecule has 0 aliphatic heterocycles. The number of quaternary nitrogens is 3. The van der Waals surface area contributed by atoms with E-state index in [-0.39, 0.29) is 15.3 Å². The minimum atomic E-state index is -0.594. The fraction of sp³-hybridized carbons (Fsp3) is 0.325. The van der Waals surface area contributed by atoms with Crippen LogP contribution in [0.1, 0.15) is 53.9 Å². The van der Waals surface area contributed by atoms with Crippen molar-refractivity contribution in [1.82, 2.24) is 10.0 Å². The van der Waals surface area contributed by atoms with E-state index < -0.39 is 10.8 Å². The van der Waals surface area contributed by atoms with Gasteiger partial charge in [0.1, 0.15) is 28.3 Å². The zero-order valence-electron chi connectivity index (χ0n) is 30.7. The molecule has 0 saturated heterocycles. The molecular weight excluding hydrogens is 628 g/mol. The van der Waals surface area contributed by atoms with Crippen LogP contribution >= 0.6 is 0 Å². The molecule has 4 aromatic rings. The summed E-state index contributed by atoms with van der Waals surface area (Å²) >= 11 is 0. The molecule has 0 aliphatic carbocycles. The maximum atomic E-state index is 13.3. The number of hydrogen-bond acceptors (Lipinski definition) is 7. The van der Waals surface area contributed by atoms with Crippen molar-refractivity contribution in [3.63, 3.8) is 0 Å². The third kappa shape index (κ3) is 7.92. The topological polar surface area (TPSA) is 110 Å². The molecule has 0 aromatic heterocycles. The number of nitrogens with zero attached hydrogens (tertiary/aromatic N) is 2. The summed E-state index contributed by atoms with van der Waals surface area (Å²) in [5.74, 6) is 1.10. The molecule has 10 heteroatoms. The number of benzene rings is 4. The Labute approximate surface area is 297 Å². The molecular formula is C40H53N6O4+. The molecule has 4 rings (SSSR count). The van der Waals surface area contributed by atoms with Gasteiger partial charge in [-0.3, -0.25) is 4.99 Å². The maximum Gasteiger partial charge on any atom is 0.214 e. The summed E-state index contributed by atoms with van der Waals surface area (Å²) in [6.07, 6.45) is 4.14. The zero-order chi connectivity index (χ0) is 36.7. The van der Waals surface area contributed by atoms with Crippen molar-refractivity contribution in [2.45, 2.75) is 65.0 Å². The maximum absolute atomic E-state index is 13.3. The van der Waals surface area contributed by atoms with Crippen molar-refractivity contribution in [3.8, 4) is 22.6 Å². The van der Waals surface area contributed by atoms with Crippen LogP contribution in [0.4, 0.5) is 34.1 Å². The number of rotatable bonds is 17. The van der Waals surface area contributed by atoms with Crippen LogP contribution in [0.2, 0.25) is 0 Å². The second-order valence-corrected chi connectivity index (χ2v) is 13.1. The number of ether oxygens (including phenoxy) is 1. The molecule has 4 atom stereocenters. The fourth-order valence-corrected chi connectivity index (χ4v) is 5.64. The van der Waals surface area contributed by atoms with E-state index in [0.29, 0.717) is 40.7 Å². The summed E-state index contributed by atoms with van der Waals surface area (Å²) in [7, 11) is 5.70. The Balaban J connectivity index is 1.52. The molecule has 4 aromatic carbocycles. The van der Waals surface area contributed by atoms with Crippen molar-refractivity contribution in [2.24, 2.45) is 4.99 Å². The van der Waals surface area contributed by atoms with Gasteiger partial charge in [-0.2, -0.15) is 10.0 Å². The molecule has 4 unspecified atom stereocenters. The van der Waals surface area contributed by atoms with Crippen LogP contribution in [0.25, 0.3) is 11.1 Å². The van der Waals surface area contributed by atoms with Crippen molar-refractivity contribution in [3.05, 3.63) is 108 Å². The van der Waals surface area contributed by atoms with Gasteiger partial charge in [0, 0.05) is 56.9 Å². The van der Waals surface area contributed by atoms with E-state index in [1.807, 2.05) is 94.7 Å². The monoisotopic (exact) mass is 681 g/mol. The third-order valence-electron chi connectivity index (χ3n) is 10.2. The zero-order valence-corrected chi connectivity index (χ0v) is 30.7. The summed E-state index contributed by atoms with van der Waals surface area (Å²) in [6.45, 7) is 17.9. The highest BCUT2D eigenvalue weighted by molar-refractivity contribution is 5.71. The Kier molecular flexibility index (Phi) is 12.2. The van der Waals surface area contributed by atoms with E-state index in [9.17, 15) is 10.4 Å². The Morgan fingerprint density at radius 3 is 1.82 bits per heavy atom. The van der Waals surface area contributed by atoms with Gasteiger partial charge in [-0.25, -0.2) is 0 Å². The van der Waals surface area contributed by atoms with Crippen LogP contribution in [-0.2, 0) is 0 Å². The Bertz CT molecular complexity index is 1760. The largest absolute Gasteiger partial charge is 0.628 e. The highest BCUT2D eigenvalue weighted by Gasteiger charge is 2.31. The van der Waals surface area contributed by atoms with E-state index in [1.165, 1.54) is 0 Å². The van der Waals surface area contributed by atoms with E-state index in [0.717, 1.165) is 35.3 Å². The average Bonchev–Trinajstić information content (AvgIpc) is 3.17. The van der Waals surface area contributed by atoms with Crippen molar-refractivity contribution in [1.29, 1.82) is 0 Å². The number of nitrogens with one attached hydrogen (secondary N) is 4. The van der Waals surface area contributed by atoms with Gasteiger partial charge in [0.05, 0.1) is 12.7 Å². The van der Waals surface area contributed by atoms with Gasteiger partial charge in [0.25, 0.3) is 0 Å². The molecule has 0 aliphatic rings. The van der Waals surface area contributed by atoms with Crippen LogP contribution in [0.5, 0.6) is 11.5 Å². The third-order valence-corrected chi connectivity index (χ3v) is 10.2. The van der Waals surface area contributed by atoms with E-state index in [4.69, 9.17) is 9.57 Å². The number of aliphatic imine (C=N–C) groups is 1. The van der Waals surface area contributed by atoms with E-state index in [2.05, 4.69) is 49.8 Å². The lowest BCUT2D eigenvalue weighted by atomic mass is 9.97. The van der Waals surface area contributed by atoms with Gasteiger partial charge < -0.3 is 30.4 Å². The Hall–Kier alpha value is -4.55. The first-order chi connectivity index (χ1) is 23.8. The Morgan fingerprint density at radius 2 is 1.34 bits per heavy atom. The molecule has 0 saturated carbocycles. The van der Waals surface area contributed by atoms with Gasteiger partial charge in [-0.15, -0.1) is 5.23 Å². The summed E-state index contributed by atoms with van der Waals surface area (Å²) < 4.78 is 6.61. The fourth-order valence-electron chi connectivity index (χ4n) is 5.64. The lowest BCUT2D eigenvalue weighted by molar-refractivity contribution is -0.963. The molecule has 0 heterocycles. The van der Waals surface area contributed by atoms with Crippen LogP contribution in [-0.4, -0.2) is 39.0 Å². The molecule has 0 radical (unpaired) electrons. The molecule has 0 bridgehead atoms. The van der Waals surface area contributed by atoms with E-state index in [1.54, 1.807) is 31.3 Å². The Morgan fingerprint density at radius 1 is 0.800 bits per heavy atom. The SMILES string of the molecule is C=CC(C)(CC)[NH+]([O-])c1ccc(-c2ccc([NH+]([O-])Oc3ccc([N+](C)(NC)c4ccc(OC(C)(CC)CC)c(N=C)c4)cc3NC)cc2)cc1. The predicted molar refractivity (Wildman–Crippen MR) is 207 cm³/mol. The average molecular weight is 682 g/mol. The van der Waals surface area contributed by atoms with Gasteiger partial charge in [0.2, 0.25) is 5.75 Å². The van der Waals surface area contributed by atoms with Crippen LogP contribution < -0.4 is 35.2 Å². The van der Waals surface area contributed by atoms with Crippen molar-refractivity contribution >= 4 is 40.8 Å². The first kappa shape index (κ1) is 38.3. The summed E-state index contributed by atoms with van der Waals surface area (Å²) in [6, 6.07) is 26.3. The molecule has 10 nitrogen and oxygen atoms in total. The van der Waals surface area contributed by atoms with Gasteiger partial charge in [-0.1, -0.05) is 27.4 Å². The molecule has 0 fully saturated rings. The van der Waals surface area contributed by atoms with Gasteiger partial charge in [0.15, 0.2) is 17.1 Å². The lowest BCUT2D eigenvalue weighted by Crippen LogP contribution is -3.10.